The summed E-state index contributed by atoms with van der Waals surface area (Å²) < 4.78 is 1.09. The number of fused-ring (bicyclic) bond motifs is 1. The Morgan fingerprint density at radius 1 is 1.60 bits per heavy atom. The van der Waals surface area contributed by atoms with Gasteiger partial charge in [-0.3, -0.25) is 4.79 Å². The molecule has 0 fully saturated rings. The van der Waals surface area contributed by atoms with E-state index in [0.717, 1.165) is 17.3 Å². The number of carbonyl (C=O) groups excluding carboxylic acids is 1. The van der Waals surface area contributed by atoms with Crippen LogP contribution in [0.25, 0.3) is 0 Å². The Balaban J connectivity index is 2.18. The molecule has 1 amide bonds. The van der Waals surface area contributed by atoms with Gasteiger partial charge in [0.15, 0.2) is 0 Å². The molecule has 2 rings (SSSR count). The van der Waals surface area contributed by atoms with Crippen LogP contribution < -0.4 is 5.32 Å². The number of halogens is 2. The molecule has 0 bridgehead atoms. The van der Waals surface area contributed by atoms with Gasteiger partial charge in [-0.1, -0.05) is 22.0 Å². The molecule has 0 aliphatic heterocycles. The summed E-state index contributed by atoms with van der Waals surface area (Å²) in [5.74, 6) is -0.0695. The lowest BCUT2D eigenvalue weighted by atomic mass is 10.1. The summed E-state index contributed by atoms with van der Waals surface area (Å²) in [5.41, 5.74) is 2.53. The van der Waals surface area contributed by atoms with E-state index in [9.17, 15) is 4.79 Å². The van der Waals surface area contributed by atoms with E-state index >= 15 is 0 Å². The number of amides is 1. The molecule has 1 N–H and O–H groups in total. The van der Waals surface area contributed by atoms with Gasteiger partial charge in [0, 0.05) is 4.47 Å². The van der Waals surface area contributed by atoms with Crippen molar-refractivity contribution in [1.29, 1.82) is 0 Å². The molecule has 1 atom stereocenters. The molecule has 0 unspecified atom stereocenters. The van der Waals surface area contributed by atoms with Crippen molar-refractivity contribution in [3.63, 3.8) is 0 Å². The van der Waals surface area contributed by atoms with Crippen molar-refractivity contribution >= 4 is 33.4 Å². The van der Waals surface area contributed by atoms with E-state index in [0.29, 0.717) is 0 Å². The normalized spacial score (nSPS) is 18.7. The fraction of sp³-hybridized carbons (Fsp3) is 0.364. The lowest BCUT2D eigenvalue weighted by Gasteiger charge is -2.12. The van der Waals surface area contributed by atoms with Gasteiger partial charge in [-0.15, -0.1) is 11.6 Å². The third kappa shape index (κ3) is 2.34. The fourth-order valence-electron chi connectivity index (χ4n) is 1.97. The molecule has 1 aromatic rings. The first-order chi connectivity index (χ1) is 7.20. The van der Waals surface area contributed by atoms with Crippen molar-refractivity contribution in [3.05, 3.63) is 33.8 Å². The Bertz CT molecular complexity index is 394. The maximum absolute atomic E-state index is 11.2. The SMILES string of the molecule is O=C(CCl)N[C@H]1CCc2cc(Br)ccc21. The molecule has 15 heavy (non-hydrogen) atoms. The maximum Gasteiger partial charge on any atom is 0.235 e. The Hall–Kier alpha value is -0.540. The van der Waals surface area contributed by atoms with Crippen LogP contribution in [0.2, 0.25) is 0 Å². The highest BCUT2D eigenvalue weighted by Gasteiger charge is 2.23. The molecule has 0 aromatic heterocycles. The molecule has 2 nitrogen and oxygen atoms in total. The molecular formula is C11H11BrClNO. The molecule has 0 heterocycles. The number of aryl methyl sites for hydroxylation is 1. The second-order valence-electron chi connectivity index (χ2n) is 3.64. The van der Waals surface area contributed by atoms with E-state index in [1.54, 1.807) is 0 Å². The van der Waals surface area contributed by atoms with Crippen LogP contribution in [0, 0.1) is 0 Å². The number of alkyl halides is 1. The summed E-state index contributed by atoms with van der Waals surface area (Å²) in [4.78, 5) is 11.2. The number of hydrogen-bond acceptors (Lipinski definition) is 1. The predicted molar refractivity (Wildman–Crippen MR) is 64.1 cm³/mol. The molecule has 0 saturated heterocycles. The van der Waals surface area contributed by atoms with Crippen molar-refractivity contribution in [2.75, 3.05) is 5.88 Å². The van der Waals surface area contributed by atoms with Crippen molar-refractivity contribution in [1.82, 2.24) is 5.32 Å². The summed E-state index contributed by atoms with van der Waals surface area (Å²) in [5, 5.41) is 2.92. The van der Waals surface area contributed by atoms with E-state index in [4.69, 9.17) is 11.6 Å². The Morgan fingerprint density at radius 3 is 3.13 bits per heavy atom. The van der Waals surface area contributed by atoms with E-state index < -0.39 is 0 Å². The summed E-state index contributed by atoms with van der Waals surface area (Å²) in [7, 11) is 0. The highest BCUT2D eigenvalue weighted by atomic mass is 79.9. The van der Waals surface area contributed by atoms with Crippen LogP contribution in [0.5, 0.6) is 0 Å². The summed E-state index contributed by atoms with van der Waals surface area (Å²) in [6.45, 7) is 0. The number of carbonyl (C=O) groups is 1. The van der Waals surface area contributed by atoms with Crippen LogP contribution in [0.3, 0.4) is 0 Å². The van der Waals surface area contributed by atoms with Crippen molar-refractivity contribution in [2.24, 2.45) is 0 Å². The first-order valence-electron chi connectivity index (χ1n) is 4.84. The fourth-order valence-corrected chi connectivity index (χ4v) is 2.45. The molecule has 1 aliphatic rings. The van der Waals surface area contributed by atoms with Crippen LogP contribution in [0.1, 0.15) is 23.6 Å². The summed E-state index contributed by atoms with van der Waals surface area (Å²) >= 11 is 8.90. The molecule has 4 heteroatoms. The monoisotopic (exact) mass is 287 g/mol. The summed E-state index contributed by atoms with van der Waals surface area (Å²) in [6, 6.07) is 6.32. The van der Waals surface area contributed by atoms with Crippen LogP contribution in [0.4, 0.5) is 0 Å². The van der Waals surface area contributed by atoms with Crippen molar-refractivity contribution < 1.29 is 4.79 Å². The number of benzene rings is 1. The number of nitrogens with one attached hydrogen (secondary N) is 1. The van der Waals surface area contributed by atoms with E-state index in [1.165, 1.54) is 11.1 Å². The first-order valence-corrected chi connectivity index (χ1v) is 6.17. The molecule has 1 aliphatic carbocycles. The van der Waals surface area contributed by atoms with Gasteiger partial charge in [0.25, 0.3) is 0 Å². The maximum atomic E-state index is 11.2. The van der Waals surface area contributed by atoms with Gasteiger partial charge in [0.1, 0.15) is 5.88 Å². The van der Waals surface area contributed by atoms with Gasteiger partial charge in [0.2, 0.25) is 5.91 Å². The molecular weight excluding hydrogens is 277 g/mol. The number of hydrogen-bond donors (Lipinski definition) is 1. The average Bonchev–Trinajstić information content (AvgIpc) is 2.60. The van der Waals surface area contributed by atoms with Crippen molar-refractivity contribution in [2.45, 2.75) is 18.9 Å². The minimum Gasteiger partial charge on any atom is -0.348 e. The second-order valence-corrected chi connectivity index (χ2v) is 4.82. The standard InChI is InChI=1S/C11H11BrClNO/c12-8-2-3-9-7(5-8)1-4-10(9)14-11(15)6-13/h2-3,5,10H,1,4,6H2,(H,14,15)/t10-/m0/s1. The minimum atomic E-state index is -0.0996. The second kappa shape index (κ2) is 4.54. The third-order valence-corrected chi connectivity index (χ3v) is 3.38. The highest BCUT2D eigenvalue weighted by molar-refractivity contribution is 9.10. The van der Waals surface area contributed by atoms with E-state index in [2.05, 4.69) is 33.4 Å². The largest absolute Gasteiger partial charge is 0.348 e. The van der Waals surface area contributed by atoms with Crippen LogP contribution in [0.15, 0.2) is 22.7 Å². The Labute approximate surface area is 102 Å². The number of rotatable bonds is 2. The van der Waals surface area contributed by atoms with Crippen LogP contribution >= 0.6 is 27.5 Å². The zero-order valence-electron chi connectivity index (χ0n) is 8.09. The van der Waals surface area contributed by atoms with Crippen LogP contribution in [-0.4, -0.2) is 11.8 Å². The van der Waals surface area contributed by atoms with Gasteiger partial charge < -0.3 is 5.32 Å². The molecule has 0 radical (unpaired) electrons. The molecule has 0 spiro atoms. The topological polar surface area (TPSA) is 29.1 Å². The van der Waals surface area contributed by atoms with Gasteiger partial charge >= 0.3 is 0 Å². The van der Waals surface area contributed by atoms with Crippen LogP contribution in [-0.2, 0) is 11.2 Å². The minimum absolute atomic E-state index is 0.0301. The lowest BCUT2D eigenvalue weighted by Crippen LogP contribution is -2.27. The lowest BCUT2D eigenvalue weighted by molar-refractivity contribution is -0.119. The van der Waals surface area contributed by atoms with E-state index in [-0.39, 0.29) is 17.8 Å². The Morgan fingerprint density at radius 2 is 2.40 bits per heavy atom. The molecule has 1 aromatic carbocycles. The average molecular weight is 289 g/mol. The predicted octanol–water partition coefficient (Wildman–Crippen LogP) is 2.79. The molecule has 80 valence electrons. The van der Waals surface area contributed by atoms with E-state index in [1.807, 2.05) is 6.07 Å². The van der Waals surface area contributed by atoms with Gasteiger partial charge in [0.05, 0.1) is 6.04 Å². The molecule has 0 saturated carbocycles. The Kier molecular flexibility index (Phi) is 3.32. The zero-order valence-corrected chi connectivity index (χ0v) is 10.4. The highest BCUT2D eigenvalue weighted by Crippen LogP contribution is 2.32. The quantitative estimate of drug-likeness (QED) is 0.833. The zero-order chi connectivity index (χ0) is 10.8. The van der Waals surface area contributed by atoms with Crippen molar-refractivity contribution in [3.8, 4) is 0 Å². The smallest absolute Gasteiger partial charge is 0.235 e. The van der Waals surface area contributed by atoms with Gasteiger partial charge in [-0.2, -0.15) is 0 Å². The summed E-state index contributed by atoms with van der Waals surface area (Å²) in [6.07, 6.45) is 1.98. The van der Waals surface area contributed by atoms with Gasteiger partial charge in [-0.25, -0.2) is 0 Å². The first kappa shape index (κ1) is 11.0. The third-order valence-electron chi connectivity index (χ3n) is 2.64. The van der Waals surface area contributed by atoms with Gasteiger partial charge in [-0.05, 0) is 36.1 Å².